The summed E-state index contributed by atoms with van der Waals surface area (Å²) in [4.78, 5) is 34.0. The second-order valence-electron chi connectivity index (χ2n) is 9.93. The van der Waals surface area contributed by atoms with Crippen LogP contribution in [0.2, 0.25) is 0 Å². The lowest BCUT2D eigenvalue weighted by atomic mass is 10.1. The van der Waals surface area contributed by atoms with Crippen LogP contribution in [0.4, 0.5) is 33.2 Å². The summed E-state index contributed by atoms with van der Waals surface area (Å²) in [6.07, 6.45) is 4.43. The van der Waals surface area contributed by atoms with E-state index in [9.17, 15) is 4.79 Å². The molecule has 216 valence electrons. The number of amides is 1. The molecular weight excluding hydrogens is 539 g/mol. The van der Waals surface area contributed by atoms with E-state index in [1.807, 2.05) is 24.8 Å². The van der Waals surface area contributed by atoms with Crippen molar-refractivity contribution in [1.29, 1.82) is 5.53 Å². The first kappa shape index (κ1) is 28.3. The van der Waals surface area contributed by atoms with Crippen molar-refractivity contribution in [3.8, 4) is 11.5 Å². The van der Waals surface area contributed by atoms with Gasteiger partial charge in [0.15, 0.2) is 17.4 Å². The normalized spacial score (nSPS) is 14.9. The van der Waals surface area contributed by atoms with E-state index in [2.05, 4.69) is 37.3 Å². The molecule has 42 heavy (non-hydrogen) atoms. The van der Waals surface area contributed by atoms with Gasteiger partial charge in [-0.3, -0.25) is 4.79 Å². The standard InChI is InChI=1S/C29H31FN10O2/c1-6-24(41)40-10-9-39(14-17(40)3)29-33-13-21-27(37-29)28(35-15-34-21)36-19-7-8-22(16(2)11-19)42-23-12-20(38-31)26(32-5)18(4)25(23)30/h6-8,11-13,15,17,31-32H,1,9-10,14H2,2-5H3,(H,34,35,36)/t17-/m1/s1. The monoisotopic (exact) mass is 570 g/mol. The molecule has 1 atom stereocenters. The van der Waals surface area contributed by atoms with E-state index in [0.717, 1.165) is 5.56 Å². The fourth-order valence-electron chi connectivity index (χ4n) is 4.99. The smallest absolute Gasteiger partial charge is 0.246 e. The Balaban J connectivity index is 1.38. The highest BCUT2D eigenvalue weighted by Gasteiger charge is 2.27. The first-order valence-electron chi connectivity index (χ1n) is 13.3. The van der Waals surface area contributed by atoms with Gasteiger partial charge in [0.1, 0.15) is 28.8 Å². The number of halogens is 1. The molecule has 2 aromatic heterocycles. The van der Waals surface area contributed by atoms with Crippen molar-refractivity contribution in [2.45, 2.75) is 26.8 Å². The quantitative estimate of drug-likeness (QED) is 0.181. The SMILES string of the molecule is C=CC(=O)N1CCN(c2ncc3ncnc(Nc4ccc(Oc5cc(N=N)c(NC)c(C)c5F)c(C)c4)c3n2)C[C@H]1C. The van der Waals surface area contributed by atoms with Crippen LogP contribution in [0.1, 0.15) is 18.1 Å². The van der Waals surface area contributed by atoms with Crippen LogP contribution in [0.5, 0.6) is 11.5 Å². The van der Waals surface area contributed by atoms with E-state index >= 15 is 4.39 Å². The molecule has 0 saturated carbocycles. The van der Waals surface area contributed by atoms with E-state index in [4.69, 9.17) is 15.3 Å². The Morgan fingerprint density at radius 1 is 1.21 bits per heavy atom. The zero-order valence-corrected chi connectivity index (χ0v) is 23.8. The lowest BCUT2D eigenvalue weighted by molar-refractivity contribution is -0.128. The van der Waals surface area contributed by atoms with Crippen LogP contribution < -0.4 is 20.3 Å². The number of carbonyl (C=O) groups is 1. The third kappa shape index (κ3) is 5.40. The number of aryl methyl sites for hydroxylation is 1. The number of piperazine rings is 1. The number of anilines is 4. The number of fused-ring (bicyclic) bond motifs is 1. The van der Waals surface area contributed by atoms with Gasteiger partial charge < -0.3 is 25.2 Å². The molecule has 3 N–H and O–H groups in total. The molecule has 0 unspecified atom stereocenters. The molecule has 1 fully saturated rings. The van der Waals surface area contributed by atoms with Crippen LogP contribution in [0.3, 0.4) is 0 Å². The van der Waals surface area contributed by atoms with Gasteiger partial charge in [0.2, 0.25) is 11.9 Å². The molecule has 3 heterocycles. The zero-order chi connectivity index (χ0) is 30.0. The Morgan fingerprint density at radius 3 is 2.71 bits per heavy atom. The predicted molar refractivity (Wildman–Crippen MR) is 159 cm³/mol. The van der Waals surface area contributed by atoms with Crippen molar-refractivity contribution in [2.24, 2.45) is 5.11 Å². The molecule has 0 bridgehead atoms. The Morgan fingerprint density at radius 2 is 2.02 bits per heavy atom. The molecule has 1 aliphatic heterocycles. The second kappa shape index (κ2) is 11.7. The van der Waals surface area contributed by atoms with Crippen LogP contribution >= 0.6 is 0 Å². The van der Waals surface area contributed by atoms with Gasteiger partial charge in [-0.05, 0) is 50.6 Å². The van der Waals surface area contributed by atoms with E-state index in [-0.39, 0.29) is 23.4 Å². The highest BCUT2D eigenvalue weighted by atomic mass is 19.1. The molecule has 1 amide bonds. The highest BCUT2D eigenvalue weighted by molar-refractivity contribution is 5.88. The predicted octanol–water partition coefficient (Wildman–Crippen LogP) is 5.64. The zero-order valence-electron chi connectivity index (χ0n) is 23.8. The molecule has 12 nitrogen and oxygen atoms in total. The number of hydrogen-bond acceptors (Lipinski definition) is 11. The fourth-order valence-corrected chi connectivity index (χ4v) is 4.99. The van der Waals surface area contributed by atoms with Crippen LogP contribution in [0.25, 0.3) is 11.0 Å². The number of ether oxygens (including phenoxy) is 1. The molecule has 1 aliphatic rings. The van der Waals surface area contributed by atoms with Gasteiger partial charge in [0, 0.05) is 50.0 Å². The number of carbonyl (C=O) groups excluding carboxylic acids is 1. The Labute approximate surface area is 242 Å². The number of benzene rings is 2. The fraction of sp³-hybridized carbons (Fsp3) is 0.276. The molecule has 0 aliphatic carbocycles. The molecule has 5 rings (SSSR count). The van der Waals surface area contributed by atoms with E-state index < -0.39 is 5.82 Å². The van der Waals surface area contributed by atoms with Crippen molar-refractivity contribution >= 4 is 45.8 Å². The van der Waals surface area contributed by atoms with Gasteiger partial charge in [0.05, 0.1) is 11.9 Å². The maximum absolute atomic E-state index is 15.0. The summed E-state index contributed by atoms with van der Waals surface area (Å²) in [6, 6.07) is 6.74. The maximum atomic E-state index is 15.0. The summed E-state index contributed by atoms with van der Waals surface area (Å²) in [5.41, 5.74) is 11.1. The van der Waals surface area contributed by atoms with Crippen molar-refractivity contribution in [1.82, 2.24) is 24.8 Å². The van der Waals surface area contributed by atoms with Gasteiger partial charge in [-0.1, -0.05) is 6.58 Å². The highest BCUT2D eigenvalue weighted by Crippen LogP contribution is 2.39. The first-order valence-corrected chi connectivity index (χ1v) is 13.3. The van der Waals surface area contributed by atoms with Crippen LogP contribution in [-0.2, 0) is 4.79 Å². The minimum Gasteiger partial charge on any atom is -0.454 e. The maximum Gasteiger partial charge on any atom is 0.246 e. The van der Waals surface area contributed by atoms with Crippen molar-refractivity contribution in [2.75, 3.05) is 42.2 Å². The summed E-state index contributed by atoms with van der Waals surface area (Å²) in [5.74, 6) is 0.839. The summed E-state index contributed by atoms with van der Waals surface area (Å²) < 4.78 is 20.9. The van der Waals surface area contributed by atoms with Gasteiger partial charge in [-0.2, -0.15) is 5.11 Å². The molecule has 4 aromatic rings. The van der Waals surface area contributed by atoms with Crippen molar-refractivity contribution < 1.29 is 13.9 Å². The lowest BCUT2D eigenvalue weighted by Crippen LogP contribution is -2.54. The van der Waals surface area contributed by atoms with Crippen molar-refractivity contribution in [3.05, 3.63) is 66.4 Å². The number of nitrogens with zero attached hydrogens (tertiary/aromatic N) is 7. The summed E-state index contributed by atoms with van der Waals surface area (Å²) in [5, 5.41) is 9.67. The van der Waals surface area contributed by atoms with E-state index in [1.54, 1.807) is 37.2 Å². The third-order valence-electron chi connectivity index (χ3n) is 7.21. The lowest BCUT2D eigenvalue weighted by Gasteiger charge is -2.39. The minimum absolute atomic E-state index is 0.0173. The van der Waals surface area contributed by atoms with Crippen LogP contribution in [0, 0.1) is 25.2 Å². The number of nitrogens with one attached hydrogen (secondary N) is 3. The van der Waals surface area contributed by atoms with Crippen LogP contribution in [0.15, 0.2) is 54.6 Å². The largest absolute Gasteiger partial charge is 0.454 e. The Kier molecular flexibility index (Phi) is 7.91. The third-order valence-corrected chi connectivity index (χ3v) is 7.21. The van der Waals surface area contributed by atoms with Gasteiger partial charge >= 0.3 is 0 Å². The molecular formula is C29H31FN10O2. The van der Waals surface area contributed by atoms with Crippen LogP contribution in [-0.4, -0.2) is 63.5 Å². The topological polar surface area (TPSA) is 145 Å². The number of hydrogen-bond donors (Lipinski definition) is 3. The van der Waals surface area contributed by atoms with Gasteiger partial charge in [0.25, 0.3) is 0 Å². The first-order chi connectivity index (χ1) is 20.2. The average Bonchev–Trinajstić information content (AvgIpc) is 3.00. The van der Waals surface area contributed by atoms with E-state index in [0.29, 0.717) is 65.1 Å². The summed E-state index contributed by atoms with van der Waals surface area (Å²) >= 11 is 0. The summed E-state index contributed by atoms with van der Waals surface area (Å²) in [6.45, 7) is 10.7. The van der Waals surface area contributed by atoms with Gasteiger partial charge in [-0.15, -0.1) is 0 Å². The van der Waals surface area contributed by atoms with E-state index in [1.165, 1.54) is 18.5 Å². The average molecular weight is 571 g/mol. The second-order valence-corrected chi connectivity index (χ2v) is 9.93. The Hall–Kier alpha value is -5.20. The molecule has 13 heteroatoms. The molecule has 1 saturated heterocycles. The van der Waals surface area contributed by atoms with Crippen molar-refractivity contribution in [3.63, 3.8) is 0 Å². The molecule has 2 aromatic carbocycles. The molecule has 0 radical (unpaired) electrons. The summed E-state index contributed by atoms with van der Waals surface area (Å²) in [7, 11) is 1.65. The van der Waals surface area contributed by atoms with Gasteiger partial charge in [-0.25, -0.2) is 29.9 Å². The minimum atomic E-state index is -0.528. The molecule has 0 spiro atoms. The number of rotatable bonds is 8. The number of aromatic nitrogens is 4. The Bertz CT molecular complexity index is 1700.